The first-order chi connectivity index (χ1) is 8.35. The van der Waals surface area contributed by atoms with E-state index in [1.807, 2.05) is 30.3 Å². The molecule has 0 bridgehead atoms. The monoisotopic (exact) mass is 222 g/mol. The summed E-state index contributed by atoms with van der Waals surface area (Å²) in [7, 11) is 1.72. The summed E-state index contributed by atoms with van der Waals surface area (Å²) in [4.78, 5) is 7.95. The summed E-state index contributed by atoms with van der Waals surface area (Å²) < 4.78 is 0. The Labute approximate surface area is 101 Å². The Hall–Kier alpha value is -2.22. The van der Waals surface area contributed by atoms with Crippen molar-refractivity contribution in [1.82, 2.24) is 0 Å². The number of aliphatic imine (C=N–C) groups is 2. The van der Waals surface area contributed by atoms with Gasteiger partial charge in [-0.25, -0.2) is 4.99 Å². The predicted molar refractivity (Wildman–Crippen MR) is 73.9 cm³/mol. The lowest BCUT2D eigenvalue weighted by Crippen LogP contribution is -1.95. The third-order valence-corrected chi connectivity index (χ3v) is 2.61. The number of rotatable bonds is 2. The average molecular weight is 222 g/mol. The Morgan fingerprint density at radius 2 is 1.47 bits per heavy atom. The Balaban J connectivity index is 2.34. The van der Waals surface area contributed by atoms with Gasteiger partial charge in [0, 0.05) is 12.6 Å². The van der Waals surface area contributed by atoms with Crippen LogP contribution in [0, 0.1) is 0 Å². The van der Waals surface area contributed by atoms with Gasteiger partial charge in [-0.1, -0.05) is 54.6 Å². The highest BCUT2D eigenvalue weighted by molar-refractivity contribution is 6.01. The smallest absolute Gasteiger partial charge is 0.153 e. The molecular weight excluding hydrogens is 208 g/mol. The molecule has 2 aromatic carbocycles. The van der Waals surface area contributed by atoms with Crippen molar-refractivity contribution < 1.29 is 0 Å². The molecule has 84 valence electrons. The molecule has 2 heteroatoms. The van der Waals surface area contributed by atoms with Crippen molar-refractivity contribution in [3.05, 3.63) is 60.2 Å². The number of amidine groups is 1. The lowest BCUT2D eigenvalue weighted by Gasteiger charge is -2.03. The second kappa shape index (κ2) is 5.21. The van der Waals surface area contributed by atoms with Gasteiger partial charge in [0.1, 0.15) is 0 Å². The van der Waals surface area contributed by atoms with Gasteiger partial charge in [-0.15, -0.1) is 0 Å². The SMILES string of the molecule is C=NC(=NC)c1ccc(-c2ccccc2)cc1. The molecule has 0 spiro atoms. The average Bonchev–Trinajstić information content (AvgIpc) is 2.42. The highest BCUT2D eigenvalue weighted by atomic mass is 14.9. The van der Waals surface area contributed by atoms with Crippen molar-refractivity contribution in [2.45, 2.75) is 0 Å². The van der Waals surface area contributed by atoms with Crippen LogP contribution in [0.2, 0.25) is 0 Å². The van der Waals surface area contributed by atoms with E-state index in [4.69, 9.17) is 0 Å². The first-order valence-electron chi connectivity index (χ1n) is 5.44. The first-order valence-corrected chi connectivity index (χ1v) is 5.44. The van der Waals surface area contributed by atoms with Gasteiger partial charge in [0.2, 0.25) is 0 Å². The molecule has 0 saturated heterocycles. The van der Waals surface area contributed by atoms with E-state index < -0.39 is 0 Å². The van der Waals surface area contributed by atoms with Crippen LogP contribution in [0.5, 0.6) is 0 Å². The zero-order valence-electron chi connectivity index (χ0n) is 9.80. The molecule has 0 radical (unpaired) electrons. The third kappa shape index (κ3) is 2.48. The summed E-state index contributed by atoms with van der Waals surface area (Å²) in [6.07, 6.45) is 0. The van der Waals surface area contributed by atoms with Crippen LogP contribution >= 0.6 is 0 Å². The molecular formula is C15H14N2. The van der Waals surface area contributed by atoms with E-state index in [1.54, 1.807) is 7.05 Å². The number of benzene rings is 2. The quantitative estimate of drug-likeness (QED) is 0.549. The Bertz CT molecular complexity index is 525. The molecule has 0 aliphatic heterocycles. The fourth-order valence-electron chi connectivity index (χ4n) is 1.73. The maximum atomic E-state index is 4.07. The molecule has 2 rings (SSSR count). The molecule has 2 aromatic rings. The highest BCUT2D eigenvalue weighted by Gasteiger charge is 2.00. The van der Waals surface area contributed by atoms with Crippen molar-refractivity contribution >= 4 is 12.6 Å². The Morgan fingerprint density at radius 3 is 2.00 bits per heavy atom. The van der Waals surface area contributed by atoms with Gasteiger partial charge in [-0.05, 0) is 17.8 Å². The minimum atomic E-state index is 0.671. The van der Waals surface area contributed by atoms with Gasteiger partial charge in [-0.3, -0.25) is 4.99 Å². The number of hydrogen-bond donors (Lipinski definition) is 0. The molecule has 0 saturated carbocycles. The van der Waals surface area contributed by atoms with E-state index in [2.05, 4.69) is 41.0 Å². The summed E-state index contributed by atoms with van der Waals surface area (Å²) in [6, 6.07) is 18.4. The van der Waals surface area contributed by atoms with Gasteiger partial charge in [0.05, 0.1) is 0 Å². The van der Waals surface area contributed by atoms with E-state index in [-0.39, 0.29) is 0 Å². The molecule has 0 unspecified atom stereocenters. The Morgan fingerprint density at radius 1 is 0.882 bits per heavy atom. The van der Waals surface area contributed by atoms with Crippen molar-refractivity contribution in [1.29, 1.82) is 0 Å². The van der Waals surface area contributed by atoms with Crippen LogP contribution in [0.15, 0.2) is 64.6 Å². The lowest BCUT2D eigenvalue weighted by atomic mass is 10.0. The fourth-order valence-corrected chi connectivity index (χ4v) is 1.73. The van der Waals surface area contributed by atoms with Gasteiger partial charge >= 0.3 is 0 Å². The molecule has 0 fully saturated rings. The van der Waals surface area contributed by atoms with E-state index in [0.29, 0.717) is 5.84 Å². The molecule has 0 atom stereocenters. The minimum Gasteiger partial charge on any atom is -0.270 e. The molecule has 0 aromatic heterocycles. The maximum absolute atomic E-state index is 4.07. The topological polar surface area (TPSA) is 24.7 Å². The highest BCUT2D eigenvalue weighted by Crippen LogP contribution is 2.19. The molecule has 0 amide bonds. The molecule has 0 aliphatic carbocycles. The summed E-state index contributed by atoms with van der Waals surface area (Å²) in [5.41, 5.74) is 3.39. The molecule has 2 nitrogen and oxygen atoms in total. The van der Waals surface area contributed by atoms with E-state index in [0.717, 1.165) is 5.56 Å². The van der Waals surface area contributed by atoms with Gasteiger partial charge in [-0.2, -0.15) is 0 Å². The van der Waals surface area contributed by atoms with Gasteiger partial charge in [0.15, 0.2) is 5.84 Å². The molecule has 0 heterocycles. The Kier molecular flexibility index (Phi) is 3.46. The summed E-state index contributed by atoms with van der Waals surface area (Å²) in [6.45, 7) is 3.51. The van der Waals surface area contributed by atoms with Crippen LogP contribution in [0.1, 0.15) is 5.56 Å². The summed E-state index contributed by atoms with van der Waals surface area (Å²) in [5, 5.41) is 0. The van der Waals surface area contributed by atoms with Crippen molar-refractivity contribution in [3.8, 4) is 11.1 Å². The van der Waals surface area contributed by atoms with Crippen LogP contribution in [-0.2, 0) is 0 Å². The fraction of sp³-hybridized carbons (Fsp3) is 0.0667. The van der Waals surface area contributed by atoms with Crippen LogP contribution in [0.3, 0.4) is 0 Å². The predicted octanol–water partition coefficient (Wildman–Crippen LogP) is 3.43. The van der Waals surface area contributed by atoms with Crippen molar-refractivity contribution in [2.24, 2.45) is 9.98 Å². The summed E-state index contributed by atoms with van der Waals surface area (Å²) in [5.74, 6) is 0.671. The lowest BCUT2D eigenvalue weighted by molar-refractivity contribution is 1.39. The summed E-state index contributed by atoms with van der Waals surface area (Å²) >= 11 is 0. The van der Waals surface area contributed by atoms with Crippen LogP contribution in [-0.4, -0.2) is 19.6 Å². The van der Waals surface area contributed by atoms with Gasteiger partial charge in [0.25, 0.3) is 0 Å². The number of hydrogen-bond acceptors (Lipinski definition) is 1. The van der Waals surface area contributed by atoms with Crippen molar-refractivity contribution in [2.75, 3.05) is 7.05 Å². The third-order valence-electron chi connectivity index (χ3n) is 2.61. The second-order valence-corrected chi connectivity index (χ2v) is 3.65. The molecule has 0 N–H and O–H groups in total. The maximum Gasteiger partial charge on any atom is 0.153 e. The van der Waals surface area contributed by atoms with Crippen LogP contribution < -0.4 is 0 Å². The van der Waals surface area contributed by atoms with Crippen LogP contribution in [0.25, 0.3) is 11.1 Å². The minimum absolute atomic E-state index is 0.671. The second-order valence-electron chi connectivity index (χ2n) is 3.65. The van der Waals surface area contributed by atoms with E-state index in [1.165, 1.54) is 11.1 Å². The van der Waals surface area contributed by atoms with E-state index >= 15 is 0 Å². The molecule has 17 heavy (non-hydrogen) atoms. The van der Waals surface area contributed by atoms with Crippen LogP contribution in [0.4, 0.5) is 0 Å². The van der Waals surface area contributed by atoms with Crippen molar-refractivity contribution in [3.63, 3.8) is 0 Å². The number of nitrogens with zero attached hydrogens (tertiary/aromatic N) is 2. The first kappa shape index (κ1) is 11.3. The normalized spacial score (nSPS) is 11.2. The van der Waals surface area contributed by atoms with Gasteiger partial charge < -0.3 is 0 Å². The molecule has 0 aliphatic rings. The standard InChI is InChI=1S/C15H14N2/c1-16-15(17-2)14-10-8-13(9-11-14)12-6-4-3-5-7-12/h3-11H,1H2,2H3. The zero-order valence-corrected chi connectivity index (χ0v) is 9.80. The van der Waals surface area contributed by atoms with E-state index in [9.17, 15) is 0 Å². The zero-order chi connectivity index (χ0) is 12.1. The largest absolute Gasteiger partial charge is 0.270 e.